The highest BCUT2D eigenvalue weighted by Crippen LogP contribution is 2.37. The van der Waals surface area contributed by atoms with Gasteiger partial charge in [0.15, 0.2) is 0 Å². The van der Waals surface area contributed by atoms with Gasteiger partial charge in [-0.1, -0.05) is 66.4 Å². The molecule has 184 valence electrons. The van der Waals surface area contributed by atoms with Gasteiger partial charge in [-0.3, -0.25) is 9.59 Å². The van der Waals surface area contributed by atoms with Crippen molar-refractivity contribution < 1.29 is 14.7 Å². The highest BCUT2D eigenvalue weighted by molar-refractivity contribution is 7.14. The summed E-state index contributed by atoms with van der Waals surface area (Å²) in [4.78, 5) is 33.2. The fourth-order valence-electron chi connectivity index (χ4n) is 4.56. The van der Waals surface area contributed by atoms with Crippen molar-refractivity contribution in [3.8, 4) is 0 Å². The Balaban J connectivity index is 0.00000122. The molecule has 3 atom stereocenters. The van der Waals surface area contributed by atoms with Crippen molar-refractivity contribution in [3.63, 3.8) is 0 Å². The molecule has 2 aliphatic rings. The van der Waals surface area contributed by atoms with E-state index >= 15 is 0 Å². The van der Waals surface area contributed by atoms with Crippen LogP contribution >= 0.6 is 11.3 Å². The molecule has 0 saturated carbocycles. The molecule has 2 heterocycles. The summed E-state index contributed by atoms with van der Waals surface area (Å²) < 4.78 is 0. The van der Waals surface area contributed by atoms with Crippen molar-refractivity contribution >= 4 is 23.0 Å². The Labute approximate surface area is 204 Å². The second kappa shape index (κ2) is 13.7. The van der Waals surface area contributed by atoms with Crippen molar-refractivity contribution in [1.29, 1.82) is 0 Å². The van der Waals surface area contributed by atoms with E-state index in [1.807, 2.05) is 11.0 Å². The number of rotatable bonds is 9. The van der Waals surface area contributed by atoms with Gasteiger partial charge in [-0.05, 0) is 37.7 Å². The molecule has 6 heteroatoms. The third-order valence-corrected chi connectivity index (χ3v) is 7.56. The lowest BCUT2D eigenvalue weighted by atomic mass is 9.86. The van der Waals surface area contributed by atoms with E-state index < -0.39 is 0 Å². The van der Waals surface area contributed by atoms with Gasteiger partial charge in [-0.2, -0.15) is 0 Å². The molecular weight excluding hydrogens is 432 g/mol. The summed E-state index contributed by atoms with van der Waals surface area (Å²) in [6.45, 7) is 11.5. The van der Waals surface area contributed by atoms with Crippen LogP contribution in [0, 0.1) is 11.8 Å². The fraction of sp³-hybridized carbons (Fsp3) is 0.667. The molecule has 1 fully saturated rings. The lowest BCUT2D eigenvalue weighted by Gasteiger charge is -2.30. The third kappa shape index (κ3) is 7.26. The number of aliphatic hydroxyl groups excluding tert-OH is 1. The molecule has 1 aliphatic carbocycles. The average molecular weight is 475 g/mol. The molecule has 1 aromatic rings. The molecule has 3 rings (SSSR count). The molecule has 1 N–H and O–H groups in total. The molecule has 0 bridgehead atoms. The van der Waals surface area contributed by atoms with E-state index in [9.17, 15) is 14.7 Å². The highest BCUT2D eigenvalue weighted by atomic mass is 32.1. The van der Waals surface area contributed by atoms with Crippen LogP contribution in [0.2, 0.25) is 0 Å². The van der Waals surface area contributed by atoms with E-state index in [1.165, 1.54) is 17.8 Å². The van der Waals surface area contributed by atoms with Gasteiger partial charge in [0.1, 0.15) is 5.01 Å². The topological polar surface area (TPSA) is 70.5 Å². The Morgan fingerprint density at radius 2 is 2.00 bits per heavy atom. The van der Waals surface area contributed by atoms with Crippen LogP contribution in [0.3, 0.4) is 0 Å². The molecule has 0 spiro atoms. The van der Waals surface area contributed by atoms with Crippen molar-refractivity contribution in [1.82, 2.24) is 9.88 Å². The summed E-state index contributed by atoms with van der Waals surface area (Å²) in [7, 11) is 0. The zero-order valence-electron chi connectivity index (χ0n) is 21.1. The van der Waals surface area contributed by atoms with Crippen LogP contribution in [0.15, 0.2) is 29.7 Å². The Hall–Kier alpha value is -1.95. The highest BCUT2D eigenvalue weighted by Gasteiger charge is 2.36. The largest absolute Gasteiger partial charge is 0.512 e. The molecule has 1 aromatic heterocycles. The Morgan fingerprint density at radius 3 is 2.64 bits per heavy atom. The molecule has 1 saturated heterocycles. The number of carbonyl (C=O) groups is 2. The van der Waals surface area contributed by atoms with Crippen LogP contribution in [-0.4, -0.2) is 33.2 Å². The number of aromatic nitrogens is 1. The van der Waals surface area contributed by atoms with Crippen molar-refractivity contribution in [2.45, 2.75) is 98.4 Å². The maximum absolute atomic E-state index is 13.3. The van der Waals surface area contributed by atoms with Crippen LogP contribution in [0.4, 0.5) is 0 Å². The summed E-state index contributed by atoms with van der Waals surface area (Å²) in [5, 5.41) is 10.6. The van der Waals surface area contributed by atoms with Crippen LogP contribution in [0.5, 0.6) is 0 Å². The summed E-state index contributed by atoms with van der Waals surface area (Å²) in [6.07, 6.45) is 13.9. The number of likely N-dealkylation sites (tertiary alicyclic amines) is 1. The normalized spacial score (nSPS) is 19.8. The lowest BCUT2D eigenvalue weighted by molar-refractivity contribution is -0.137. The van der Waals surface area contributed by atoms with Crippen molar-refractivity contribution in [2.75, 3.05) is 6.54 Å². The van der Waals surface area contributed by atoms with Crippen LogP contribution in [0.1, 0.15) is 113 Å². The molecule has 1 aliphatic heterocycles. The fourth-order valence-corrected chi connectivity index (χ4v) is 5.59. The zero-order chi connectivity index (χ0) is 24.4. The number of hydrogen-bond donors (Lipinski definition) is 1. The van der Waals surface area contributed by atoms with Gasteiger partial charge in [0, 0.05) is 30.7 Å². The van der Waals surface area contributed by atoms with Gasteiger partial charge < -0.3 is 10.0 Å². The number of hydrogen-bond acceptors (Lipinski definition) is 5. The summed E-state index contributed by atoms with van der Waals surface area (Å²) in [5.41, 5.74) is 0.531. The third-order valence-electron chi connectivity index (χ3n) is 6.47. The number of carbonyl (C=O) groups excluding carboxylic acids is 2. The first-order valence-electron chi connectivity index (χ1n) is 12.8. The Bertz CT molecular complexity index is 842. The van der Waals surface area contributed by atoms with Crippen molar-refractivity contribution in [2.24, 2.45) is 11.8 Å². The van der Waals surface area contributed by atoms with Crippen molar-refractivity contribution in [3.05, 3.63) is 39.6 Å². The first-order valence-corrected chi connectivity index (χ1v) is 13.6. The number of thiazole rings is 1. The predicted octanol–water partition coefficient (Wildman–Crippen LogP) is 7.42. The van der Waals surface area contributed by atoms with E-state index in [0.29, 0.717) is 29.2 Å². The maximum atomic E-state index is 13.3. The molecular formula is C27H42N2O3S. The predicted molar refractivity (Wildman–Crippen MR) is 137 cm³/mol. The Morgan fingerprint density at radius 1 is 1.27 bits per heavy atom. The van der Waals surface area contributed by atoms with Gasteiger partial charge in [0.25, 0.3) is 0 Å². The minimum absolute atomic E-state index is 0.0173. The molecule has 1 amide bonds. The van der Waals surface area contributed by atoms with Crippen LogP contribution < -0.4 is 0 Å². The first kappa shape index (κ1) is 27.3. The number of aliphatic hydroxyl groups is 1. The number of unbranched alkanes of at least 4 members (excludes halogenated alkanes) is 1. The Kier molecular flexibility index (Phi) is 11.3. The summed E-state index contributed by atoms with van der Waals surface area (Å²) in [6, 6.07) is -0.0283. The molecule has 0 radical (unpaired) electrons. The van der Waals surface area contributed by atoms with E-state index in [0.717, 1.165) is 50.1 Å². The number of amides is 1. The molecule has 1 unspecified atom stereocenters. The number of nitrogens with zero attached hydrogens (tertiary/aromatic N) is 2. The van der Waals surface area contributed by atoms with E-state index in [2.05, 4.69) is 39.6 Å². The molecule has 5 nitrogen and oxygen atoms in total. The smallest absolute Gasteiger partial charge is 0.226 e. The van der Waals surface area contributed by atoms with E-state index in [1.54, 1.807) is 12.3 Å². The SMILES string of the molecule is CCC.CCCCC(CC)[C@H](C)C(=O)N1CCC[C@H]1c1ncc(C(=O)C2=CCCC(O)=C2)s1. The number of Topliss-reactive ketones (excluding diaryl/α,β-unsaturated/α-hetero) is 1. The summed E-state index contributed by atoms with van der Waals surface area (Å²) >= 11 is 1.39. The van der Waals surface area contributed by atoms with Gasteiger partial charge in [-0.15, -0.1) is 11.3 Å². The second-order valence-corrected chi connectivity index (χ2v) is 10.3. The first-order chi connectivity index (χ1) is 15.9. The van der Waals surface area contributed by atoms with Gasteiger partial charge >= 0.3 is 0 Å². The molecule has 33 heavy (non-hydrogen) atoms. The maximum Gasteiger partial charge on any atom is 0.226 e. The average Bonchev–Trinajstić information content (AvgIpc) is 3.48. The number of allylic oxidation sites excluding steroid dienone is 4. The van der Waals surface area contributed by atoms with Gasteiger partial charge in [0.2, 0.25) is 11.7 Å². The van der Waals surface area contributed by atoms with Gasteiger partial charge in [-0.25, -0.2) is 4.98 Å². The van der Waals surface area contributed by atoms with E-state index in [4.69, 9.17) is 0 Å². The van der Waals surface area contributed by atoms with Gasteiger partial charge in [0.05, 0.1) is 16.7 Å². The molecule has 0 aromatic carbocycles. The second-order valence-electron chi connectivity index (χ2n) is 9.22. The van der Waals surface area contributed by atoms with E-state index in [-0.39, 0.29) is 29.4 Å². The number of ketones is 1. The standard InChI is InChI=1S/C24H34N2O3S.C3H8/c1-4-6-9-17(5-2)16(3)24(29)26-13-8-12-20(26)23-25-15-21(30-23)22(28)18-10-7-11-19(27)14-18;1-3-2/h10,14-17,20,27H,4-9,11-13H2,1-3H3;3H2,1-2H3/t16-,17?,20-;/m0./s1. The minimum atomic E-state index is -0.0974. The summed E-state index contributed by atoms with van der Waals surface area (Å²) in [5.74, 6) is 0.820. The lowest BCUT2D eigenvalue weighted by Crippen LogP contribution is -2.37. The van der Waals surface area contributed by atoms with Crippen LogP contribution in [-0.2, 0) is 4.79 Å². The minimum Gasteiger partial charge on any atom is -0.512 e. The quantitative estimate of drug-likeness (QED) is 0.378. The monoisotopic (exact) mass is 474 g/mol. The zero-order valence-corrected chi connectivity index (χ0v) is 21.9. The van der Waals surface area contributed by atoms with Crippen LogP contribution in [0.25, 0.3) is 0 Å².